The van der Waals surface area contributed by atoms with Gasteiger partial charge in [0.25, 0.3) is 0 Å². The van der Waals surface area contributed by atoms with E-state index < -0.39 is 18.5 Å². The van der Waals surface area contributed by atoms with Gasteiger partial charge >= 0.3 is 6.18 Å². The Morgan fingerprint density at radius 1 is 1.35 bits per heavy atom. The second-order valence-corrected chi connectivity index (χ2v) is 4.59. The maximum Gasteiger partial charge on any atom is 0.397 e. The maximum atomic E-state index is 12.0. The SMILES string of the molecule is O=C(CC(F)(F)F)NCc1nccc(N2CCCC2)n1. The van der Waals surface area contributed by atoms with Crippen molar-refractivity contribution in [2.45, 2.75) is 32.0 Å². The monoisotopic (exact) mass is 288 g/mol. The molecule has 5 nitrogen and oxygen atoms in total. The van der Waals surface area contributed by atoms with Crippen LogP contribution in [-0.4, -0.2) is 35.1 Å². The molecule has 20 heavy (non-hydrogen) atoms. The third-order valence-electron chi connectivity index (χ3n) is 2.93. The van der Waals surface area contributed by atoms with Crippen molar-refractivity contribution in [3.63, 3.8) is 0 Å². The van der Waals surface area contributed by atoms with Crippen LogP contribution in [0.4, 0.5) is 19.0 Å². The smallest absolute Gasteiger partial charge is 0.357 e. The van der Waals surface area contributed by atoms with Gasteiger partial charge in [0.15, 0.2) is 0 Å². The standard InChI is InChI=1S/C12H15F3N4O/c13-12(14,15)7-11(20)17-8-9-16-4-3-10(18-9)19-5-1-2-6-19/h3-4H,1-2,5-8H2,(H,17,20). The van der Waals surface area contributed by atoms with Crippen molar-refractivity contribution in [2.24, 2.45) is 0 Å². The summed E-state index contributed by atoms with van der Waals surface area (Å²) in [7, 11) is 0. The van der Waals surface area contributed by atoms with E-state index in [0.717, 1.165) is 31.7 Å². The molecule has 1 aliphatic rings. The molecule has 0 unspecified atom stereocenters. The van der Waals surface area contributed by atoms with Gasteiger partial charge in [-0.25, -0.2) is 9.97 Å². The predicted molar refractivity (Wildman–Crippen MR) is 66.0 cm³/mol. The third kappa shape index (κ3) is 4.36. The topological polar surface area (TPSA) is 58.1 Å². The van der Waals surface area contributed by atoms with Crippen LogP contribution in [0.15, 0.2) is 12.3 Å². The van der Waals surface area contributed by atoms with E-state index in [-0.39, 0.29) is 6.54 Å². The first-order chi connectivity index (χ1) is 9.44. The second-order valence-electron chi connectivity index (χ2n) is 4.59. The van der Waals surface area contributed by atoms with E-state index >= 15 is 0 Å². The van der Waals surface area contributed by atoms with E-state index in [1.54, 1.807) is 12.3 Å². The number of halogens is 3. The molecule has 0 aliphatic carbocycles. The summed E-state index contributed by atoms with van der Waals surface area (Å²) in [5, 5.41) is 2.17. The average molecular weight is 288 g/mol. The van der Waals surface area contributed by atoms with E-state index in [4.69, 9.17) is 0 Å². The van der Waals surface area contributed by atoms with Gasteiger partial charge in [-0.3, -0.25) is 4.79 Å². The Kier molecular flexibility index (Phi) is 4.41. The molecule has 0 saturated carbocycles. The summed E-state index contributed by atoms with van der Waals surface area (Å²) < 4.78 is 36.0. The quantitative estimate of drug-likeness (QED) is 0.915. The fourth-order valence-electron chi connectivity index (χ4n) is 2.02. The van der Waals surface area contributed by atoms with Gasteiger partial charge in [-0.05, 0) is 18.9 Å². The summed E-state index contributed by atoms with van der Waals surface area (Å²) in [6.07, 6.45) is -2.24. The van der Waals surface area contributed by atoms with Crippen molar-refractivity contribution in [3.05, 3.63) is 18.1 Å². The zero-order valence-electron chi connectivity index (χ0n) is 10.8. The third-order valence-corrected chi connectivity index (χ3v) is 2.93. The number of carbonyl (C=O) groups is 1. The lowest BCUT2D eigenvalue weighted by Crippen LogP contribution is -2.29. The minimum Gasteiger partial charge on any atom is -0.357 e. The molecule has 1 saturated heterocycles. The molecule has 2 heterocycles. The number of amides is 1. The molecule has 1 N–H and O–H groups in total. The second kappa shape index (κ2) is 6.06. The minimum atomic E-state index is -4.50. The van der Waals surface area contributed by atoms with E-state index in [9.17, 15) is 18.0 Å². The lowest BCUT2D eigenvalue weighted by atomic mass is 10.4. The number of hydrogen-bond donors (Lipinski definition) is 1. The molecule has 2 rings (SSSR count). The summed E-state index contributed by atoms with van der Waals surface area (Å²) in [4.78, 5) is 21.3. The highest BCUT2D eigenvalue weighted by Crippen LogP contribution is 2.19. The van der Waals surface area contributed by atoms with Crippen LogP contribution >= 0.6 is 0 Å². The van der Waals surface area contributed by atoms with E-state index in [1.165, 1.54) is 0 Å². The molecule has 0 atom stereocenters. The number of carbonyl (C=O) groups excluding carboxylic acids is 1. The van der Waals surface area contributed by atoms with E-state index in [0.29, 0.717) is 5.82 Å². The van der Waals surface area contributed by atoms with Crippen molar-refractivity contribution in [2.75, 3.05) is 18.0 Å². The molecule has 0 spiro atoms. The van der Waals surface area contributed by atoms with Gasteiger partial charge in [-0.1, -0.05) is 0 Å². The highest BCUT2D eigenvalue weighted by atomic mass is 19.4. The Morgan fingerprint density at radius 2 is 2.05 bits per heavy atom. The number of alkyl halides is 3. The van der Waals surface area contributed by atoms with Crippen LogP contribution < -0.4 is 10.2 Å². The highest BCUT2D eigenvalue weighted by Gasteiger charge is 2.31. The minimum absolute atomic E-state index is 0.101. The molecule has 1 amide bonds. The Hall–Kier alpha value is -1.86. The molecule has 0 bridgehead atoms. The zero-order chi connectivity index (χ0) is 14.6. The fraction of sp³-hybridized carbons (Fsp3) is 0.583. The van der Waals surface area contributed by atoms with Crippen LogP contribution in [0.5, 0.6) is 0 Å². The van der Waals surface area contributed by atoms with Crippen molar-refractivity contribution < 1.29 is 18.0 Å². The van der Waals surface area contributed by atoms with Gasteiger partial charge in [-0.15, -0.1) is 0 Å². The van der Waals surface area contributed by atoms with Crippen molar-refractivity contribution in [3.8, 4) is 0 Å². The molecular formula is C12H15F3N4O. The fourth-order valence-corrected chi connectivity index (χ4v) is 2.02. The van der Waals surface area contributed by atoms with Crippen molar-refractivity contribution in [1.82, 2.24) is 15.3 Å². The zero-order valence-corrected chi connectivity index (χ0v) is 10.8. The number of nitrogens with one attached hydrogen (secondary N) is 1. The van der Waals surface area contributed by atoms with Crippen molar-refractivity contribution in [1.29, 1.82) is 0 Å². The first-order valence-corrected chi connectivity index (χ1v) is 6.34. The lowest BCUT2D eigenvalue weighted by Gasteiger charge is -2.16. The summed E-state index contributed by atoms with van der Waals surface area (Å²) in [6, 6.07) is 1.76. The summed E-state index contributed by atoms with van der Waals surface area (Å²) in [6.45, 7) is 1.73. The molecule has 0 radical (unpaired) electrons. The summed E-state index contributed by atoms with van der Waals surface area (Å²) in [5.74, 6) is -0.0184. The largest absolute Gasteiger partial charge is 0.397 e. The molecule has 8 heteroatoms. The summed E-state index contributed by atoms with van der Waals surface area (Å²) in [5.41, 5.74) is 0. The van der Waals surface area contributed by atoms with Gasteiger partial charge in [0.2, 0.25) is 5.91 Å². The number of anilines is 1. The van der Waals surface area contributed by atoms with Gasteiger partial charge in [0, 0.05) is 19.3 Å². The Labute approximate surface area is 114 Å². The van der Waals surface area contributed by atoms with Gasteiger partial charge in [-0.2, -0.15) is 13.2 Å². The normalized spacial score (nSPS) is 15.4. The van der Waals surface area contributed by atoms with Crippen LogP contribution in [0.1, 0.15) is 25.1 Å². The van der Waals surface area contributed by atoms with Crippen LogP contribution in [-0.2, 0) is 11.3 Å². The van der Waals surface area contributed by atoms with Gasteiger partial charge < -0.3 is 10.2 Å². The molecule has 1 fully saturated rings. The Bertz CT molecular complexity index is 472. The molecule has 110 valence electrons. The van der Waals surface area contributed by atoms with Crippen LogP contribution in [0.2, 0.25) is 0 Å². The van der Waals surface area contributed by atoms with E-state index in [1.807, 2.05) is 0 Å². The number of hydrogen-bond acceptors (Lipinski definition) is 4. The van der Waals surface area contributed by atoms with E-state index in [2.05, 4.69) is 20.2 Å². The highest BCUT2D eigenvalue weighted by molar-refractivity contribution is 5.76. The molecule has 1 aliphatic heterocycles. The lowest BCUT2D eigenvalue weighted by molar-refractivity contribution is -0.153. The maximum absolute atomic E-state index is 12.0. The molecule has 1 aromatic heterocycles. The first kappa shape index (κ1) is 14.5. The predicted octanol–water partition coefficient (Wildman–Crippen LogP) is 1.65. The Balaban J connectivity index is 1.90. The van der Waals surface area contributed by atoms with Crippen LogP contribution in [0, 0.1) is 0 Å². The Morgan fingerprint density at radius 3 is 2.70 bits per heavy atom. The van der Waals surface area contributed by atoms with Gasteiger partial charge in [0.1, 0.15) is 18.1 Å². The molecular weight excluding hydrogens is 273 g/mol. The number of rotatable bonds is 4. The van der Waals surface area contributed by atoms with Crippen LogP contribution in [0.3, 0.4) is 0 Å². The van der Waals surface area contributed by atoms with Crippen molar-refractivity contribution >= 4 is 11.7 Å². The van der Waals surface area contributed by atoms with Crippen LogP contribution in [0.25, 0.3) is 0 Å². The van der Waals surface area contributed by atoms with Gasteiger partial charge in [0.05, 0.1) is 6.54 Å². The number of aromatic nitrogens is 2. The molecule has 0 aromatic carbocycles. The number of nitrogens with zero attached hydrogens (tertiary/aromatic N) is 3. The first-order valence-electron chi connectivity index (χ1n) is 6.34. The average Bonchev–Trinajstić information content (AvgIpc) is 2.88. The molecule has 1 aromatic rings. The summed E-state index contributed by atoms with van der Waals surface area (Å²) >= 11 is 0.